The molecule has 2 atom stereocenters. The molecule has 1 aromatic carbocycles. The first kappa shape index (κ1) is 12.4. The Balaban J connectivity index is 1.94. The normalized spacial score (nSPS) is 25.3. The molecule has 1 saturated carbocycles. The highest BCUT2D eigenvalue weighted by molar-refractivity contribution is 5.46. The van der Waals surface area contributed by atoms with Crippen molar-refractivity contribution in [2.45, 2.75) is 51.7 Å². The van der Waals surface area contributed by atoms with Crippen LogP contribution in [0.15, 0.2) is 24.3 Å². The van der Waals surface area contributed by atoms with Crippen LogP contribution in [0.4, 0.5) is 5.69 Å². The van der Waals surface area contributed by atoms with Gasteiger partial charge in [0.2, 0.25) is 0 Å². The summed E-state index contributed by atoms with van der Waals surface area (Å²) in [7, 11) is 0. The molecular weight excluding hydrogens is 210 g/mol. The van der Waals surface area contributed by atoms with Gasteiger partial charge in [0, 0.05) is 11.7 Å². The molecule has 1 fully saturated rings. The van der Waals surface area contributed by atoms with Crippen molar-refractivity contribution in [1.29, 1.82) is 0 Å². The van der Waals surface area contributed by atoms with Gasteiger partial charge in [0.05, 0.1) is 6.61 Å². The van der Waals surface area contributed by atoms with Crippen LogP contribution in [-0.4, -0.2) is 11.1 Å². The monoisotopic (exact) mass is 233 g/mol. The van der Waals surface area contributed by atoms with Crippen LogP contribution >= 0.6 is 0 Å². The Labute approximate surface area is 104 Å². The molecule has 0 saturated heterocycles. The van der Waals surface area contributed by atoms with Gasteiger partial charge in [-0.3, -0.25) is 0 Å². The first-order valence-corrected chi connectivity index (χ1v) is 6.74. The lowest BCUT2D eigenvalue weighted by atomic mass is 10.0. The Bertz CT molecular complexity index is 351. The highest BCUT2D eigenvalue weighted by Gasteiger charge is 2.15. The van der Waals surface area contributed by atoms with Gasteiger partial charge >= 0.3 is 0 Å². The zero-order chi connectivity index (χ0) is 12.1. The van der Waals surface area contributed by atoms with E-state index in [0.29, 0.717) is 6.04 Å². The van der Waals surface area contributed by atoms with Crippen molar-refractivity contribution in [2.24, 2.45) is 5.92 Å². The molecule has 94 valence electrons. The van der Waals surface area contributed by atoms with E-state index in [1.54, 1.807) is 0 Å². The van der Waals surface area contributed by atoms with E-state index in [1.165, 1.54) is 32.1 Å². The summed E-state index contributed by atoms with van der Waals surface area (Å²) >= 11 is 0. The van der Waals surface area contributed by atoms with Gasteiger partial charge in [0.25, 0.3) is 0 Å². The van der Waals surface area contributed by atoms with Gasteiger partial charge in [0.1, 0.15) is 0 Å². The van der Waals surface area contributed by atoms with E-state index >= 15 is 0 Å². The molecule has 1 aliphatic rings. The van der Waals surface area contributed by atoms with Crippen LogP contribution in [0.2, 0.25) is 0 Å². The SMILES string of the molecule is CC1CCCC(Nc2cccc(CO)c2)CC1. The van der Waals surface area contributed by atoms with Gasteiger partial charge in [-0.15, -0.1) is 0 Å². The number of anilines is 1. The van der Waals surface area contributed by atoms with E-state index in [4.69, 9.17) is 5.11 Å². The molecule has 2 rings (SSSR count). The van der Waals surface area contributed by atoms with Crippen LogP contribution in [0.1, 0.15) is 44.6 Å². The van der Waals surface area contributed by atoms with Crippen molar-refractivity contribution < 1.29 is 5.11 Å². The number of aliphatic hydroxyl groups is 1. The number of rotatable bonds is 3. The molecule has 2 N–H and O–H groups in total. The molecule has 1 aliphatic carbocycles. The largest absolute Gasteiger partial charge is 0.392 e. The average Bonchev–Trinajstić information content (AvgIpc) is 2.55. The molecule has 1 aromatic rings. The van der Waals surface area contributed by atoms with Crippen LogP contribution < -0.4 is 5.32 Å². The highest BCUT2D eigenvalue weighted by atomic mass is 16.3. The maximum absolute atomic E-state index is 9.12. The predicted molar refractivity (Wildman–Crippen MR) is 72.0 cm³/mol. The predicted octanol–water partition coefficient (Wildman–Crippen LogP) is 3.56. The van der Waals surface area contributed by atoms with Crippen molar-refractivity contribution in [1.82, 2.24) is 0 Å². The lowest BCUT2D eigenvalue weighted by Crippen LogP contribution is -2.18. The number of aliphatic hydroxyl groups excluding tert-OH is 1. The van der Waals surface area contributed by atoms with Crippen molar-refractivity contribution >= 4 is 5.69 Å². The summed E-state index contributed by atoms with van der Waals surface area (Å²) in [5, 5.41) is 12.7. The van der Waals surface area contributed by atoms with Crippen molar-refractivity contribution in [3.63, 3.8) is 0 Å². The van der Waals surface area contributed by atoms with E-state index < -0.39 is 0 Å². The minimum absolute atomic E-state index is 0.122. The molecule has 0 aromatic heterocycles. The molecule has 2 unspecified atom stereocenters. The number of hydrogen-bond donors (Lipinski definition) is 2. The van der Waals surface area contributed by atoms with Gasteiger partial charge in [-0.05, 0) is 42.9 Å². The lowest BCUT2D eigenvalue weighted by molar-refractivity contribution is 0.282. The summed E-state index contributed by atoms with van der Waals surface area (Å²) in [6, 6.07) is 8.71. The van der Waals surface area contributed by atoms with Crippen molar-refractivity contribution in [3.8, 4) is 0 Å². The molecular formula is C15H23NO. The van der Waals surface area contributed by atoms with Crippen molar-refractivity contribution in [3.05, 3.63) is 29.8 Å². The molecule has 0 heterocycles. The van der Waals surface area contributed by atoms with Crippen molar-refractivity contribution in [2.75, 3.05) is 5.32 Å². The summed E-state index contributed by atoms with van der Waals surface area (Å²) in [6.45, 7) is 2.48. The zero-order valence-corrected chi connectivity index (χ0v) is 10.7. The van der Waals surface area contributed by atoms with Crippen LogP contribution in [0.25, 0.3) is 0 Å². The third-order valence-electron chi connectivity index (χ3n) is 3.74. The highest BCUT2D eigenvalue weighted by Crippen LogP contribution is 2.25. The Hall–Kier alpha value is -1.02. The maximum Gasteiger partial charge on any atom is 0.0682 e. The minimum atomic E-state index is 0.122. The molecule has 2 heteroatoms. The Morgan fingerprint density at radius 1 is 1.24 bits per heavy atom. The third-order valence-corrected chi connectivity index (χ3v) is 3.74. The number of nitrogens with one attached hydrogen (secondary N) is 1. The van der Waals surface area contributed by atoms with Gasteiger partial charge < -0.3 is 10.4 Å². The summed E-state index contributed by atoms with van der Waals surface area (Å²) in [5.41, 5.74) is 2.13. The van der Waals surface area contributed by atoms with Gasteiger partial charge in [-0.25, -0.2) is 0 Å². The molecule has 0 amide bonds. The summed E-state index contributed by atoms with van der Waals surface area (Å²) in [6.07, 6.45) is 6.57. The van der Waals surface area contributed by atoms with Crippen LogP contribution in [0.3, 0.4) is 0 Å². The van der Waals surface area contributed by atoms with E-state index in [9.17, 15) is 0 Å². The summed E-state index contributed by atoms with van der Waals surface area (Å²) < 4.78 is 0. The second-order valence-corrected chi connectivity index (χ2v) is 5.31. The fraction of sp³-hybridized carbons (Fsp3) is 0.600. The maximum atomic E-state index is 9.12. The van der Waals surface area contributed by atoms with E-state index in [1.807, 2.05) is 18.2 Å². The minimum Gasteiger partial charge on any atom is -0.392 e. The zero-order valence-electron chi connectivity index (χ0n) is 10.7. The fourth-order valence-electron chi connectivity index (χ4n) is 2.63. The van der Waals surface area contributed by atoms with E-state index in [0.717, 1.165) is 17.2 Å². The average molecular weight is 233 g/mol. The first-order chi connectivity index (χ1) is 8.28. The fourth-order valence-corrected chi connectivity index (χ4v) is 2.63. The quantitative estimate of drug-likeness (QED) is 0.782. The second kappa shape index (κ2) is 6.06. The van der Waals surface area contributed by atoms with E-state index in [2.05, 4.69) is 18.3 Å². The topological polar surface area (TPSA) is 32.3 Å². The Morgan fingerprint density at radius 2 is 2.12 bits per heavy atom. The van der Waals surface area contributed by atoms with Crippen LogP contribution in [-0.2, 0) is 6.61 Å². The summed E-state index contributed by atoms with van der Waals surface area (Å²) in [4.78, 5) is 0. The molecule has 0 bridgehead atoms. The first-order valence-electron chi connectivity index (χ1n) is 6.74. The second-order valence-electron chi connectivity index (χ2n) is 5.31. The molecule has 2 nitrogen and oxygen atoms in total. The standard InChI is InChI=1S/C15H23NO/c1-12-4-2-6-14(9-8-12)16-15-7-3-5-13(10-15)11-17/h3,5,7,10,12,14,16-17H,2,4,6,8-9,11H2,1H3. The molecule has 0 aliphatic heterocycles. The van der Waals surface area contributed by atoms with Gasteiger partial charge in [-0.2, -0.15) is 0 Å². The molecule has 17 heavy (non-hydrogen) atoms. The number of benzene rings is 1. The Kier molecular flexibility index (Phi) is 4.43. The smallest absolute Gasteiger partial charge is 0.0682 e. The van der Waals surface area contributed by atoms with Crippen LogP contribution in [0.5, 0.6) is 0 Å². The Morgan fingerprint density at radius 3 is 2.94 bits per heavy atom. The molecule has 0 spiro atoms. The lowest BCUT2D eigenvalue weighted by Gasteiger charge is -2.18. The molecule has 0 radical (unpaired) electrons. The van der Waals surface area contributed by atoms with Gasteiger partial charge in [-0.1, -0.05) is 31.9 Å². The summed E-state index contributed by atoms with van der Waals surface area (Å²) in [5.74, 6) is 0.880. The number of hydrogen-bond acceptors (Lipinski definition) is 2. The van der Waals surface area contributed by atoms with Crippen LogP contribution in [0, 0.1) is 5.92 Å². The third kappa shape index (κ3) is 3.74. The van der Waals surface area contributed by atoms with Gasteiger partial charge in [0.15, 0.2) is 0 Å². The van der Waals surface area contributed by atoms with E-state index in [-0.39, 0.29) is 6.61 Å².